The monoisotopic (exact) mass is 282 g/mol. The summed E-state index contributed by atoms with van der Waals surface area (Å²) >= 11 is 5.96. The molecule has 4 heteroatoms. The fourth-order valence-corrected chi connectivity index (χ4v) is 3.27. The smallest absolute Gasteiger partial charge is 0.0885 e. The summed E-state index contributed by atoms with van der Waals surface area (Å²) in [6, 6.07) is 7.87. The first-order valence-corrected chi connectivity index (χ1v) is 7.36. The molecule has 1 aliphatic rings. The number of methoxy groups -OCH3 is 1. The lowest BCUT2D eigenvalue weighted by atomic mass is 9.82. The van der Waals surface area contributed by atoms with E-state index in [2.05, 4.69) is 5.43 Å². The van der Waals surface area contributed by atoms with Crippen molar-refractivity contribution in [3.8, 4) is 0 Å². The Balaban J connectivity index is 2.29. The van der Waals surface area contributed by atoms with Crippen molar-refractivity contribution in [2.24, 2.45) is 5.84 Å². The van der Waals surface area contributed by atoms with Crippen LogP contribution in [-0.2, 0) is 4.74 Å². The number of rotatable bonds is 4. The highest BCUT2D eigenvalue weighted by atomic mass is 35.5. The number of halogens is 1. The molecule has 0 amide bonds. The van der Waals surface area contributed by atoms with Crippen LogP contribution in [0, 0.1) is 0 Å². The standard InChI is InChI=1S/C15H23ClN2O/c1-19-15(10-4-2-3-5-11-15)14(18-17)12-6-8-13(16)9-7-12/h6-9,14,18H,2-5,10-11,17H2,1H3. The van der Waals surface area contributed by atoms with Crippen molar-refractivity contribution < 1.29 is 4.74 Å². The maximum atomic E-state index is 5.96. The molecule has 0 bridgehead atoms. The van der Waals surface area contributed by atoms with E-state index in [4.69, 9.17) is 22.2 Å². The Labute approximate surface area is 120 Å². The maximum Gasteiger partial charge on any atom is 0.0885 e. The molecular weight excluding hydrogens is 260 g/mol. The molecule has 1 saturated carbocycles. The first-order chi connectivity index (χ1) is 9.22. The lowest BCUT2D eigenvalue weighted by molar-refractivity contribution is -0.0541. The third-order valence-corrected chi connectivity index (χ3v) is 4.50. The van der Waals surface area contributed by atoms with Gasteiger partial charge in [0, 0.05) is 12.1 Å². The molecule has 3 nitrogen and oxygen atoms in total. The van der Waals surface area contributed by atoms with Crippen LogP contribution in [0.2, 0.25) is 5.02 Å². The van der Waals surface area contributed by atoms with E-state index in [0.29, 0.717) is 0 Å². The van der Waals surface area contributed by atoms with Crippen LogP contribution >= 0.6 is 11.6 Å². The van der Waals surface area contributed by atoms with E-state index >= 15 is 0 Å². The Morgan fingerprint density at radius 1 is 1.16 bits per heavy atom. The number of hydrogen-bond donors (Lipinski definition) is 2. The van der Waals surface area contributed by atoms with Crippen LogP contribution in [0.4, 0.5) is 0 Å². The second-order valence-electron chi connectivity index (χ2n) is 5.33. The fourth-order valence-electron chi connectivity index (χ4n) is 3.14. The Morgan fingerprint density at radius 3 is 2.21 bits per heavy atom. The molecule has 0 aromatic heterocycles. The minimum Gasteiger partial charge on any atom is -0.376 e. The highest BCUT2D eigenvalue weighted by molar-refractivity contribution is 6.30. The number of hydrazine groups is 1. The largest absolute Gasteiger partial charge is 0.376 e. The second kappa shape index (κ2) is 6.71. The molecule has 1 aromatic carbocycles. The Hall–Kier alpha value is -0.610. The van der Waals surface area contributed by atoms with E-state index in [9.17, 15) is 0 Å². The molecule has 2 rings (SSSR count). The molecule has 0 heterocycles. The van der Waals surface area contributed by atoms with Gasteiger partial charge in [0.2, 0.25) is 0 Å². The lowest BCUT2D eigenvalue weighted by Gasteiger charge is -2.39. The van der Waals surface area contributed by atoms with Crippen molar-refractivity contribution in [3.05, 3.63) is 34.9 Å². The second-order valence-corrected chi connectivity index (χ2v) is 5.77. The molecule has 1 aliphatic carbocycles. The average molecular weight is 283 g/mol. The zero-order valence-corrected chi connectivity index (χ0v) is 12.2. The Bertz CT molecular complexity index is 386. The molecule has 19 heavy (non-hydrogen) atoms. The molecule has 0 spiro atoms. The Kier molecular flexibility index (Phi) is 5.22. The van der Waals surface area contributed by atoms with E-state index in [1.807, 2.05) is 24.3 Å². The number of ether oxygens (including phenoxy) is 1. The van der Waals surface area contributed by atoms with Gasteiger partial charge in [0.1, 0.15) is 0 Å². The van der Waals surface area contributed by atoms with Gasteiger partial charge in [0.15, 0.2) is 0 Å². The number of hydrogen-bond acceptors (Lipinski definition) is 3. The van der Waals surface area contributed by atoms with Crippen molar-refractivity contribution in [2.75, 3.05) is 7.11 Å². The molecule has 106 valence electrons. The molecule has 1 fully saturated rings. The molecular formula is C15H23ClN2O. The summed E-state index contributed by atoms with van der Waals surface area (Å²) in [5.74, 6) is 5.82. The van der Waals surface area contributed by atoms with E-state index in [0.717, 1.165) is 23.4 Å². The van der Waals surface area contributed by atoms with Crippen molar-refractivity contribution >= 4 is 11.6 Å². The zero-order valence-electron chi connectivity index (χ0n) is 11.5. The predicted octanol–water partition coefficient (Wildman–Crippen LogP) is 3.58. The van der Waals surface area contributed by atoms with E-state index in [1.54, 1.807) is 7.11 Å². The van der Waals surface area contributed by atoms with Gasteiger partial charge in [-0.3, -0.25) is 11.3 Å². The van der Waals surface area contributed by atoms with Crippen LogP contribution in [0.25, 0.3) is 0 Å². The molecule has 1 atom stereocenters. The molecule has 0 radical (unpaired) electrons. The van der Waals surface area contributed by atoms with Gasteiger partial charge in [-0.05, 0) is 30.5 Å². The predicted molar refractivity (Wildman–Crippen MR) is 79.0 cm³/mol. The molecule has 0 aliphatic heterocycles. The van der Waals surface area contributed by atoms with Crippen molar-refractivity contribution in [1.82, 2.24) is 5.43 Å². The maximum absolute atomic E-state index is 5.96. The van der Waals surface area contributed by atoms with Crippen molar-refractivity contribution in [1.29, 1.82) is 0 Å². The summed E-state index contributed by atoms with van der Waals surface area (Å²) in [7, 11) is 1.80. The van der Waals surface area contributed by atoms with Crippen LogP contribution in [-0.4, -0.2) is 12.7 Å². The van der Waals surface area contributed by atoms with Crippen LogP contribution < -0.4 is 11.3 Å². The summed E-state index contributed by atoms with van der Waals surface area (Å²) in [4.78, 5) is 0. The van der Waals surface area contributed by atoms with Gasteiger partial charge in [-0.1, -0.05) is 49.4 Å². The average Bonchev–Trinajstić information content (AvgIpc) is 2.68. The minimum absolute atomic E-state index is 0.00728. The number of benzene rings is 1. The third-order valence-electron chi connectivity index (χ3n) is 4.25. The fraction of sp³-hybridized carbons (Fsp3) is 0.600. The topological polar surface area (TPSA) is 47.3 Å². The first-order valence-electron chi connectivity index (χ1n) is 6.98. The minimum atomic E-state index is -0.209. The van der Waals surface area contributed by atoms with Gasteiger partial charge in [0.25, 0.3) is 0 Å². The molecule has 0 saturated heterocycles. The molecule has 3 N–H and O–H groups in total. The summed E-state index contributed by atoms with van der Waals surface area (Å²) < 4.78 is 5.92. The summed E-state index contributed by atoms with van der Waals surface area (Å²) in [6.07, 6.45) is 7.03. The lowest BCUT2D eigenvalue weighted by Crippen LogP contribution is -2.47. The SMILES string of the molecule is COC1(C(NN)c2ccc(Cl)cc2)CCCCCC1. The first kappa shape index (κ1) is 14.8. The van der Waals surface area contributed by atoms with Crippen molar-refractivity contribution in [2.45, 2.75) is 50.2 Å². The van der Waals surface area contributed by atoms with E-state index < -0.39 is 0 Å². The van der Waals surface area contributed by atoms with E-state index in [-0.39, 0.29) is 11.6 Å². The van der Waals surface area contributed by atoms with Gasteiger partial charge in [-0.25, -0.2) is 0 Å². The van der Waals surface area contributed by atoms with Gasteiger partial charge in [-0.15, -0.1) is 0 Å². The van der Waals surface area contributed by atoms with Gasteiger partial charge in [0.05, 0.1) is 11.6 Å². The van der Waals surface area contributed by atoms with Gasteiger partial charge in [-0.2, -0.15) is 0 Å². The number of nitrogens with two attached hydrogens (primary N) is 1. The molecule has 1 unspecified atom stereocenters. The normalized spacial score (nSPS) is 20.8. The van der Waals surface area contributed by atoms with Gasteiger partial charge >= 0.3 is 0 Å². The summed E-state index contributed by atoms with van der Waals surface area (Å²) in [5.41, 5.74) is 3.88. The highest BCUT2D eigenvalue weighted by Gasteiger charge is 2.39. The van der Waals surface area contributed by atoms with E-state index in [1.165, 1.54) is 25.7 Å². The van der Waals surface area contributed by atoms with Crippen LogP contribution in [0.5, 0.6) is 0 Å². The van der Waals surface area contributed by atoms with Gasteiger partial charge < -0.3 is 4.74 Å². The van der Waals surface area contributed by atoms with Crippen LogP contribution in [0.1, 0.15) is 50.1 Å². The van der Waals surface area contributed by atoms with Crippen LogP contribution in [0.15, 0.2) is 24.3 Å². The number of nitrogens with one attached hydrogen (secondary N) is 1. The highest BCUT2D eigenvalue weighted by Crippen LogP contribution is 2.40. The quantitative estimate of drug-likeness (QED) is 0.504. The molecule has 1 aromatic rings. The summed E-state index contributed by atoms with van der Waals surface area (Å²) in [5, 5.41) is 0.742. The summed E-state index contributed by atoms with van der Waals surface area (Å²) in [6.45, 7) is 0. The third kappa shape index (κ3) is 3.29. The Morgan fingerprint density at radius 2 is 1.74 bits per heavy atom. The van der Waals surface area contributed by atoms with Crippen molar-refractivity contribution in [3.63, 3.8) is 0 Å². The zero-order chi connectivity index (χ0) is 13.7. The van der Waals surface area contributed by atoms with Crippen LogP contribution in [0.3, 0.4) is 0 Å².